The number of pyridine rings is 1. The zero-order valence-electron chi connectivity index (χ0n) is 21.6. The first-order valence-corrected chi connectivity index (χ1v) is 14.9. The fourth-order valence-corrected chi connectivity index (χ4v) is 6.73. The third-order valence-corrected chi connectivity index (χ3v) is 10.2. The van der Waals surface area contributed by atoms with Gasteiger partial charge in [0.2, 0.25) is 5.91 Å². The number of carbonyl (C=O) groups excluding carboxylic acids is 1. The molecule has 3 aliphatic carbocycles. The van der Waals surface area contributed by atoms with E-state index in [1.807, 2.05) is 26.1 Å². The maximum atomic E-state index is 11.6. The van der Waals surface area contributed by atoms with Crippen molar-refractivity contribution in [1.82, 2.24) is 29.2 Å². The molecule has 4 heterocycles. The molecule has 0 bridgehead atoms. The highest BCUT2D eigenvalue weighted by Gasteiger charge is 2.48. The minimum absolute atomic E-state index is 0.181. The topological polar surface area (TPSA) is 99.2 Å². The van der Waals surface area contributed by atoms with Gasteiger partial charge in [-0.15, -0.1) is 10.2 Å². The molecule has 7 rings (SSSR count). The van der Waals surface area contributed by atoms with E-state index in [1.165, 1.54) is 37.0 Å². The highest BCUT2D eigenvalue weighted by Crippen LogP contribution is 2.49. The summed E-state index contributed by atoms with van der Waals surface area (Å²) >= 11 is 3.17. The summed E-state index contributed by atoms with van der Waals surface area (Å²) in [6.45, 7) is 8.27. The van der Waals surface area contributed by atoms with Gasteiger partial charge in [0, 0.05) is 35.6 Å². The van der Waals surface area contributed by atoms with Crippen LogP contribution in [0.5, 0.6) is 0 Å². The van der Waals surface area contributed by atoms with Gasteiger partial charge in [-0.05, 0) is 81.4 Å². The number of nitrogens with zero attached hydrogens (tertiary/aromatic N) is 6. The predicted molar refractivity (Wildman–Crippen MR) is 145 cm³/mol. The van der Waals surface area contributed by atoms with Gasteiger partial charge >= 0.3 is 0 Å². The van der Waals surface area contributed by atoms with Gasteiger partial charge in [0.05, 0.1) is 12.3 Å². The van der Waals surface area contributed by atoms with Crippen LogP contribution in [0.2, 0.25) is 0 Å². The Labute approximate surface area is 226 Å². The van der Waals surface area contributed by atoms with Crippen LogP contribution in [0.3, 0.4) is 0 Å². The van der Waals surface area contributed by atoms with Gasteiger partial charge in [-0.3, -0.25) is 13.9 Å². The largest absolute Gasteiger partial charge is 0.342 e. The lowest BCUT2D eigenvalue weighted by Crippen LogP contribution is -2.39. The molecule has 4 fully saturated rings. The molecule has 4 aliphatic rings. The van der Waals surface area contributed by atoms with Crippen molar-refractivity contribution in [3.63, 3.8) is 0 Å². The van der Waals surface area contributed by atoms with Gasteiger partial charge < -0.3 is 4.90 Å². The standard InChI is InChI=1S/C17H16N6S2.C10H17NO/c1-16(4-5-16)22-25-11-2-3-13-19-8-12(23(13)9-11)14-20-21-15(24-14)17(10-18)6-7-17;1-7(2)10(12)11-4-3-8-5-9(8)6-11/h2-3,8-9,22H,4-7H2,1H3;7-9H,3-6H2,1-2H3. The van der Waals surface area contributed by atoms with Crippen LogP contribution in [0.15, 0.2) is 29.4 Å². The summed E-state index contributed by atoms with van der Waals surface area (Å²) in [6.07, 6.45) is 10.8. The molecule has 3 saturated carbocycles. The minimum Gasteiger partial charge on any atom is -0.342 e. The second-order valence-corrected chi connectivity index (χ2v) is 13.4. The van der Waals surface area contributed by atoms with Crippen LogP contribution in [0.25, 0.3) is 16.3 Å². The fraction of sp³-hybridized carbons (Fsp3) is 0.593. The molecule has 3 aromatic heterocycles. The van der Waals surface area contributed by atoms with E-state index in [0.717, 1.165) is 64.0 Å². The number of imidazole rings is 1. The zero-order valence-corrected chi connectivity index (χ0v) is 23.2. The minimum atomic E-state index is -0.388. The first-order valence-electron chi connectivity index (χ1n) is 13.2. The monoisotopic (exact) mass is 535 g/mol. The van der Waals surface area contributed by atoms with Crippen molar-refractivity contribution in [2.75, 3.05) is 13.1 Å². The molecule has 1 amide bonds. The molecule has 1 aliphatic heterocycles. The smallest absolute Gasteiger partial charge is 0.225 e. The molecule has 1 N–H and O–H groups in total. The van der Waals surface area contributed by atoms with E-state index in [1.54, 1.807) is 11.9 Å². The van der Waals surface area contributed by atoms with Crippen LogP contribution in [0.1, 0.15) is 64.3 Å². The normalized spacial score (nSPS) is 24.1. The number of nitriles is 1. The van der Waals surface area contributed by atoms with Crippen LogP contribution in [0, 0.1) is 29.1 Å². The second-order valence-electron chi connectivity index (χ2n) is 11.6. The van der Waals surface area contributed by atoms with E-state index in [0.29, 0.717) is 5.91 Å². The summed E-state index contributed by atoms with van der Waals surface area (Å²) in [6, 6.07) is 6.48. The molecule has 37 heavy (non-hydrogen) atoms. The average Bonchev–Trinajstić information content (AvgIpc) is 3.87. The molecule has 0 spiro atoms. The number of piperidine rings is 1. The number of rotatable bonds is 6. The van der Waals surface area contributed by atoms with E-state index in [9.17, 15) is 10.1 Å². The van der Waals surface area contributed by atoms with Crippen molar-refractivity contribution < 1.29 is 4.79 Å². The van der Waals surface area contributed by atoms with E-state index < -0.39 is 0 Å². The van der Waals surface area contributed by atoms with E-state index in [2.05, 4.69) is 54.5 Å². The Kier molecular flexibility index (Phi) is 6.29. The van der Waals surface area contributed by atoms with Crippen molar-refractivity contribution in [2.45, 2.75) is 75.1 Å². The number of hydrogen-bond acceptors (Lipinski definition) is 8. The molecule has 0 radical (unpaired) electrons. The Morgan fingerprint density at radius 3 is 2.73 bits per heavy atom. The van der Waals surface area contributed by atoms with Crippen LogP contribution >= 0.6 is 23.3 Å². The van der Waals surface area contributed by atoms with Crippen molar-refractivity contribution in [2.24, 2.45) is 17.8 Å². The molecular weight excluding hydrogens is 502 g/mol. The summed E-state index contributed by atoms with van der Waals surface area (Å²) in [5.74, 6) is 2.36. The molecule has 8 nitrogen and oxygen atoms in total. The third kappa shape index (κ3) is 5.14. The summed E-state index contributed by atoms with van der Waals surface area (Å²) in [5, 5.41) is 19.6. The van der Waals surface area contributed by atoms with E-state index in [4.69, 9.17) is 0 Å². The van der Waals surface area contributed by atoms with Crippen LogP contribution in [0.4, 0.5) is 0 Å². The number of carbonyl (C=O) groups is 1. The highest BCUT2D eigenvalue weighted by atomic mass is 32.2. The molecule has 2 unspecified atom stereocenters. The Morgan fingerprint density at radius 2 is 2.05 bits per heavy atom. The lowest BCUT2D eigenvalue weighted by Gasteiger charge is -2.27. The zero-order chi connectivity index (χ0) is 25.8. The first kappa shape index (κ1) is 24.8. The fourth-order valence-electron chi connectivity index (χ4n) is 4.82. The second kappa shape index (κ2) is 9.37. The van der Waals surface area contributed by atoms with Gasteiger partial charge in [-0.25, -0.2) is 4.98 Å². The first-order chi connectivity index (χ1) is 17.8. The van der Waals surface area contributed by atoms with Crippen molar-refractivity contribution in [3.05, 3.63) is 29.5 Å². The number of hydrogen-bond donors (Lipinski definition) is 1. The maximum Gasteiger partial charge on any atom is 0.225 e. The van der Waals surface area contributed by atoms with Crippen molar-refractivity contribution >= 4 is 34.8 Å². The summed E-state index contributed by atoms with van der Waals surface area (Å²) in [7, 11) is 0. The van der Waals surface area contributed by atoms with Crippen LogP contribution < -0.4 is 4.72 Å². The molecule has 0 aromatic carbocycles. The van der Waals surface area contributed by atoms with E-state index >= 15 is 0 Å². The van der Waals surface area contributed by atoms with Crippen molar-refractivity contribution in [3.8, 4) is 16.8 Å². The Hall–Kier alpha value is -2.48. The number of nitrogens with one attached hydrogen (secondary N) is 1. The molecule has 10 heteroatoms. The highest BCUT2D eigenvalue weighted by molar-refractivity contribution is 7.97. The Bertz CT molecular complexity index is 1360. The summed E-state index contributed by atoms with van der Waals surface area (Å²) in [5.41, 5.74) is 1.70. The maximum absolute atomic E-state index is 11.6. The SMILES string of the molecule is CC(C)C(=O)N1CCC2CC2C1.CC1(NSc2ccc3ncc(-c4nnc(C5(C#N)CC5)s4)n3c2)CC1. The van der Waals surface area contributed by atoms with E-state index in [-0.39, 0.29) is 16.9 Å². The van der Waals surface area contributed by atoms with Crippen LogP contribution in [-0.2, 0) is 10.2 Å². The van der Waals surface area contributed by atoms with Gasteiger partial charge in [-0.1, -0.05) is 25.2 Å². The molecule has 3 aromatic rings. The lowest BCUT2D eigenvalue weighted by atomic mass is 10.1. The predicted octanol–water partition coefficient (Wildman–Crippen LogP) is 5.07. The van der Waals surface area contributed by atoms with Gasteiger partial charge in [0.15, 0.2) is 5.01 Å². The number of fused-ring (bicyclic) bond motifs is 2. The molecule has 1 saturated heterocycles. The van der Waals surface area contributed by atoms with Crippen LogP contribution in [-0.4, -0.2) is 49.0 Å². The quantitative estimate of drug-likeness (QED) is 0.440. The summed E-state index contributed by atoms with van der Waals surface area (Å²) in [4.78, 5) is 19.3. The average molecular weight is 536 g/mol. The number of amides is 1. The molecule has 2 atom stereocenters. The number of aromatic nitrogens is 4. The summed E-state index contributed by atoms with van der Waals surface area (Å²) < 4.78 is 5.58. The van der Waals surface area contributed by atoms with Gasteiger partial charge in [-0.2, -0.15) is 5.26 Å². The molecule has 194 valence electrons. The Balaban J connectivity index is 0.000000176. The Morgan fingerprint density at radius 1 is 1.24 bits per heavy atom. The third-order valence-electron chi connectivity index (χ3n) is 8.01. The molecular formula is C27H33N7OS2. The van der Waals surface area contributed by atoms with Crippen molar-refractivity contribution in [1.29, 1.82) is 5.26 Å². The lowest BCUT2D eigenvalue weighted by molar-refractivity contribution is -0.135. The number of likely N-dealkylation sites (tertiary alicyclic amines) is 1. The van der Waals surface area contributed by atoms with Gasteiger partial charge in [0.1, 0.15) is 21.8 Å². The van der Waals surface area contributed by atoms with Gasteiger partial charge in [0.25, 0.3) is 0 Å².